The van der Waals surface area contributed by atoms with Gasteiger partial charge in [0.05, 0.1) is 28.1 Å². The first-order chi connectivity index (χ1) is 68.7. The minimum absolute atomic E-state index is 0.0791. The van der Waals surface area contributed by atoms with Gasteiger partial charge >= 0.3 is 0 Å². The van der Waals surface area contributed by atoms with Gasteiger partial charge in [0.2, 0.25) is 35.4 Å². The number of aromatic nitrogens is 2. The summed E-state index contributed by atoms with van der Waals surface area (Å²) in [6.45, 7) is 61.1. The summed E-state index contributed by atoms with van der Waals surface area (Å²) in [7, 11) is 1.84. The number of hydrogen-bond acceptors (Lipinski definition) is 9. The van der Waals surface area contributed by atoms with Gasteiger partial charge in [-0.3, -0.25) is 28.8 Å². The van der Waals surface area contributed by atoms with E-state index < -0.39 is 0 Å². The summed E-state index contributed by atoms with van der Waals surface area (Å²) in [4.78, 5) is 87.3. The number of thiophene rings is 1. The van der Waals surface area contributed by atoms with Crippen molar-refractivity contribution < 1.29 is 33.2 Å². The minimum Gasteiger partial charge on any atom is -0.469 e. The van der Waals surface area contributed by atoms with Crippen molar-refractivity contribution in [3.05, 3.63) is 250 Å². The second-order valence-corrected chi connectivity index (χ2v) is 46.7. The number of amides is 6. The predicted molar refractivity (Wildman–Crippen MR) is 623 cm³/mol. The molecular formula is C129H180N8O7S. The van der Waals surface area contributed by atoms with Gasteiger partial charge in [-0.2, -0.15) is 0 Å². The van der Waals surface area contributed by atoms with E-state index in [4.69, 9.17) is 9.40 Å². The molecule has 4 fully saturated rings. The lowest BCUT2D eigenvalue weighted by Gasteiger charge is -2.34. The quantitative estimate of drug-likeness (QED) is 0.0283. The third-order valence-corrected chi connectivity index (χ3v) is 29.9. The van der Waals surface area contributed by atoms with Crippen LogP contribution < -0.4 is 31.1 Å². The Kier molecular flexibility index (Phi) is 47.4. The Morgan fingerprint density at radius 3 is 1.26 bits per heavy atom. The highest BCUT2D eigenvalue weighted by atomic mass is 32.1. The van der Waals surface area contributed by atoms with Gasteiger partial charge in [0.1, 0.15) is 11.6 Å². The van der Waals surface area contributed by atoms with E-state index in [0.717, 1.165) is 120 Å². The average Bonchev–Trinajstić information content (AvgIpc) is 1.61. The molecule has 784 valence electrons. The van der Waals surface area contributed by atoms with E-state index in [1.54, 1.807) is 11.2 Å². The number of piperidine rings is 1. The SMILES string of the molecule is CC(C)/C=C/c1ccc(N(C)C(=O)CC(C)C)cc1.CC(C)/C=C/c1ccc(N2CCCC(C(C)C)C2=O)cc1.CC(C)/C=C/c1ccc(NC(=O)C2(C(C)C)CCCC2)cc1.CC(C)/C=C/c1ccc(NC(=O)CC(C)C)cc1.CC(C)/C=C/c1ccc2nc(C3(C(C)C)CCCC3)[nH]c2c1.Cc1c(C(C)C)sc2ccc(NC(=O)CC(C)C)cc12.Cc1cc(-c2ccc(NC(=O)C3(C(C)C)CCCC3)cc2)co1. The van der Waals surface area contributed by atoms with Gasteiger partial charge in [0.25, 0.3) is 0 Å². The summed E-state index contributed by atoms with van der Waals surface area (Å²) in [5.41, 5.74) is 17.1. The van der Waals surface area contributed by atoms with Crippen molar-refractivity contribution >= 4 is 132 Å². The third-order valence-electron chi connectivity index (χ3n) is 28.3. The van der Waals surface area contributed by atoms with Gasteiger partial charge < -0.3 is 40.5 Å². The van der Waals surface area contributed by atoms with Crippen molar-refractivity contribution in [1.29, 1.82) is 0 Å². The molecule has 1 atom stereocenters. The Labute approximate surface area is 878 Å². The minimum atomic E-state index is -0.194. The highest BCUT2D eigenvalue weighted by molar-refractivity contribution is 7.19. The summed E-state index contributed by atoms with van der Waals surface area (Å²) >= 11 is 1.86. The van der Waals surface area contributed by atoms with Crippen LogP contribution in [0.4, 0.5) is 34.1 Å². The molecule has 1 unspecified atom stereocenters. The maximum atomic E-state index is 12.8. The molecule has 1 saturated heterocycles. The monoisotopic (exact) mass is 1990 g/mol. The van der Waals surface area contributed by atoms with Gasteiger partial charge in [0, 0.05) is 93.5 Å². The van der Waals surface area contributed by atoms with Crippen molar-refractivity contribution in [3.63, 3.8) is 0 Å². The smallest absolute Gasteiger partial charge is 0.230 e. The number of nitrogens with one attached hydrogen (secondary N) is 5. The van der Waals surface area contributed by atoms with Gasteiger partial charge in [0.15, 0.2) is 0 Å². The number of allylic oxidation sites excluding steroid dienone is 5. The Morgan fingerprint density at radius 1 is 0.448 bits per heavy atom. The van der Waals surface area contributed by atoms with Gasteiger partial charge in [-0.15, -0.1) is 11.3 Å². The van der Waals surface area contributed by atoms with Crippen LogP contribution in [0.1, 0.15) is 345 Å². The van der Waals surface area contributed by atoms with Crippen LogP contribution in [0.15, 0.2) is 205 Å². The number of aryl methyl sites for hydroxylation is 2. The molecule has 0 spiro atoms. The molecule has 14 rings (SSSR count). The number of aromatic amines is 1. The lowest BCUT2D eigenvalue weighted by atomic mass is 9.75. The summed E-state index contributed by atoms with van der Waals surface area (Å²) in [6.07, 6.45) is 41.1. The van der Waals surface area contributed by atoms with E-state index in [1.165, 1.54) is 92.6 Å². The highest BCUT2D eigenvalue weighted by Gasteiger charge is 2.46. The van der Waals surface area contributed by atoms with Gasteiger partial charge in [-0.1, -0.05) is 346 Å². The molecule has 5 N–H and O–H groups in total. The number of rotatable bonds is 31. The standard InChI is InChI=1S/C20H28N2.C20H25NO2.C20H29NO.C19H27NO.C17H23NOS.C17H25NO.C16H23NO/c1-14(2)7-8-16-9-10-17-18(13-16)22-19(21-17)20(15(3)4)11-5-6-12-20;1-14(2)20(10-4-5-11-20)19(22)21-18-8-6-16(7-9-18)17-12-15(3)23-13-17;1-15(2)7-8-17-9-11-18(12-10-17)21-19(22)20(16(3)4)13-5-6-14-20;1-14(2)7-8-16-9-11-17(12-10-16)20-13-5-6-18(15(3)4)19(20)21;1-10(2)8-16(19)18-13-6-7-15-14(9-13)12(5)17(20-15)11(3)4;1-13(2)6-7-15-8-10-16(11-9-15)18(5)17(19)12-14(3)4;1-12(2)5-6-14-7-9-15(10-8-14)17-16(18)11-13(3)4/h7-10,13-15H,5-6,11-12H2,1-4H3,(H,21,22);6-9,12-14H,4-5,10-11H2,1-3H3,(H,21,22);7-12,15-16H,5-6,13-14H2,1-4H3,(H,21,22);7-12,14-15,18H,5-6,13H2,1-4H3;6-7,9-11H,8H2,1-5H3,(H,18,19);6-11,13-14H,12H2,1-5H3;5-10,12-13H,11H2,1-4H3,(H,17,18)/b8-7+;;2*8-7+;;7-6+;6-5+. The van der Waals surface area contributed by atoms with Crippen LogP contribution in [-0.2, 0) is 34.2 Å². The van der Waals surface area contributed by atoms with Crippen LogP contribution in [0, 0.1) is 102 Å². The van der Waals surface area contributed by atoms with E-state index in [1.807, 2.05) is 141 Å². The number of anilines is 6. The normalized spacial score (nSPS) is 15.5. The molecule has 16 heteroatoms. The molecule has 145 heavy (non-hydrogen) atoms. The van der Waals surface area contributed by atoms with Crippen LogP contribution in [-0.4, -0.2) is 59.0 Å². The molecule has 4 heterocycles. The third kappa shape index (κ3) is 37.0. The number of carbonyl (C=O) groups excluding carboxylic acids is 6. The molecule has 15 nitrogen and oxygen atoms in total. The van der Waals surface area contributed by atoms with Crippen molar-refractivity contribution in [2.45, 2.75) is 314 Å². The number of benzene rings is 7. The number of nitrogens with zero attached hydrogens (tertiary/aromatic N) is 3. The summed E-state index contributed by atoms with van der Waals surface area (Å²) in [5, 5.41) is 13.4. The first-order valence-corrected chi connectivity index (χ1v) is 55.3. The zero-order valence-corrected chi connectivity index (χ0v) is 94.7. The predicted octanol–water partition coefficient (Wildman–Crippen LogP) is 35.4. The lowest BCUT2D eigenvalue weighted by molar-refractivity contribution is -0.128. The first kappa shape index (κ1) is 119. The molecule has 0 bridgehead atoms. The highest BCUT2D eigenvalue weighted by Crippen LogP contribution is 2.49. The molecule has 6 amide bonds. The number of fused-ring (bicyclic) bond motifs is 2. The van der Waals surface area contributed by atoms with Crippen molar-refractivity contribution in [1.82, 2.24) is 9.97 Å². The molecule has 0 radical (unpaired) electrons. The van der Waals surface area contributed by atoms with E-state index in [0.29, 0.717) is 102 Å². The molecule has 3 aliphatic carbocycles. The Hall–Kier alpha value is -11.2. The van der Waals surface area contributed by atoms with Crippen molar-refractivity contribution in [2.75, 3.05) is 44.7 Å². The maximum absolute atomic E-state index is 12.8. The average molecular weight is 1990 g/mol. The molecule has 3 aromatic heterocycles. The maximum Gasteiger partial charge on any atom is 0.230 e. The van der Waals surface area contributed by atoms with Crippen LogP contribution in [0.2, 0.25) is 0 Å². The first-order valence-electron chi connectivity index (χ1n) is 54.5. The molecular weight excluding hydrogens is 1810 g/mol. The molecule has 1 aliphatic heterocycles. The van der Waals surface area contributed by atoms with E-state index >= 15 is 0 Å². The van der Waals surface area contributed by atoms with Gasteiger partial charge in [-0.05, 0) is 284 Å². The van der Waals surface area contributed by atoms with Crippen molar-refractivity contribution in [2.24, 2.45) is 87.8 Å². The second kappa shape index (κ2) is 57.8. The van der Waals surface area contributed by atoms with Gasteiger partial charge in [-0.25, -0.2) is 4.98 Å². The largest absolute Gasteiger partial charge is 0.469 e. The number of H-pyrrole nitrogens is 1. The van der Waals surface area contributed by atoms with Crippen LogP contribution in [0.3, 0.4) is 0 Å². The van der Waals surface area contributed by atoms with Crippen LogP contribution >= 0.6 is 11.3 Å². The molecule has 10 aromatic rings. The Morgan fingerprint density at radius 2 is 0.848 bits per heavy atom. The van der Waals surface area contributed by atoms with E-state index in [9.17, 15) is 28.8 Å². The summed E-state index contributed by atoms with van der Waals surface area (Å²) in [6, 6.07) is 55.2. The molecule has 3 saturated carbocycles. The summed E-state index contributed by atoms with van der Waals surface area (Å²) in [5.74, 6) is 9.62. The fourth-order valence-electron chi connectivity index (χ4n) is 19.3. The number of furan rings is 1. The van der Waals surface area contributed by atoms with Crippen LogP contribution in [0.5, 0.6) is 0 Å². The fraction of sp³-hybridized carbons (Fsp3) is 0.496. The van der Waals surface area contributed by atoms with E-state index in [2.05, 4.69) is 327 Å². The lowest BCUT2D eigenvalue weighted by Crippen LogP contribution is -2.43. The van der Waals surface area contributed by atoms with E-state index in [-0.39, 0.29) is 51.7 Å². The second-order valence-electron chi connectivity index (χ2n) is 45.6. The number of hydrogen-bond donors (Lipinski definition) is 5. The summed E-state index contributed by atoms with van der Waals surface area (Å²) < 4.78 is 6.65. The Balaban J connectivity index is 0.000000207. The zero-order chi connectivity index (χ0) is 107. The fourth-order valence-corrected chi connectivity index (χ4v) is 20.5. The molecule has 4 aliphatic rings. The number of imidazole rings is 1. The number of carbonyl (C=O) groups is 6. The zero-order valence-electron chi connectivity index (χ0n) is 93.9. The Bertz CT molecular complexity index is 5820. The van der Waals surface area contributed by atoms with Crippen molar-refractivity contribution in [3.8, 4) is 11.1 Å². The molecule has 7 aromatic carbocycles. The van der Waals surface area contributed by atoms with Crippen LogP contribution in [0.25, 0.3) is 62.6 Å². The topological polar surface area (TPSA) is 199 Å².